The third-order valence-corrected chi connectivity index (χ3v) is 4.25. The van der Waals surface area contributed by atoms with Gasteiger partial charge in [-0.2, -0.15) is 0 Å². The average Bonchev–Trinajstić information content (AvgIpc) is 2.87. The first-order chi connectivity index (χ1) is 10.3. The number of pyridine rings is 1. The lowest BCUT2D eigenvalue weighted by Gasteiger charge is -2.02. The molecule has 0 aliphatic carbocycles. The van der Waals surface area contributed by atoms with E-state index >= 15 is 0 Å². The summed E-state index contributed by atoms with van der Waals surface area (Å²) in [6.07, 6.45) is 0.846. The van der Waals surface area contributed by atoms with Gasteiger partial charge in [0.25, 0.3) is 0 Å². The van der Waals surface area contributed by atoms with E-state index in [0.717, 1.165) is 27.8 Å². The fourth-order valence-corrected chi connectivity index (χ4v) is 2.94. The Bertz CT molecular complexity index is 923. The lowest BCUT2D eigenvalue weighted by Crippen LogP contribution is -1.92. The Labute approximate surface area is 131 Å². The normalized spacial score (nSPS) is 11.3. The predicted molar refractivity (Wildman–Crippen MR) is 90.5 cm³/mol. The van der Waals surface area contributed by atoms with E-state index in [-0.39, 0.29) is 0 Å². The summed E-state index contributed by atoms with van der Waals surface area (Å²) in [7, 11) is 0. The number of benzene rings is 2. The first kappa shape index (κ1) is 12.6. The number of rotatable bonds is 2. The van der Waals surface area contributed by atoms with Gasteiger partial charge in [-0.15, -0.1) is 0 Å². The SMILES string of the molecule is Brc1ccc(Cc2ccc3c(n2)[nH]c2ccccc23)cc1. The molecule has 102 valence electrons. The van der Waals surface area contributed by atoms with Crippen LogP contribution in [0.25, 0.3) is 21.9 Å². The molecule has 2 aromatic carbocycles. The van der Waals surface area contributed by atoms with E-state index in [0.29, 0.717) is 0 Å². The van der Waals surface area contributed by atoms with E-state index in [1.807, 2.05) is 6.07 Å². The highest BCUT2D eigenvalue weighted by molar-refractivity contribution is 9.10. The highest BCUT2D eigenvalue weighted by atomic mass is 79.9. The number of para-hydroxylation sites is 1. The summed E-state index contributed by atoms with van der Waals surface area (Å²) in [5.41, 5.74) is 4.45. The molecule has 4 rings (SSSR count). The topological polar surface area (TPSA) is 28.7 Å². The molecule has 0 aliphatic heterocycles. The minimum Gasteiger partial charge on any atom is -0.339 e. The fourth-order valence-electron chi connectivity index (χ4n) is 2.68. The molecule has 4 aromatic rings. The summed E-state index contributed by atoms with van der Waals surface area (Å²) in [4.78, 5) is 8.16. The Morgan fingerprint density at radius 1 is 0.857 bits per heavy atom. The maximum Gasteiger partial charge on any atom is 0.138 e. The molecule has 1 N–H and O–H groups in total. The molecule has 0 aliphatic rings. The van der Waals surface area contributed by atoms with Crippen LogP contribution >= 0.6 is 15.9 Å². The molecule has 0 bridgehead atoms. The molecule has 21 heavy (non-hydrogen) atoms. The molecule has 2 aromatic heterocycles. The number of aromatic nitrogens is 2. The van der Waals surface area contributed by atoms with Crippen LogP contribution in [0, 0.1) is 0 Å². The van der Waals surface area contributed by atoms with Crippen LogP contribution in [0.4, 0.5) is 0 Å². The molecule has 0 radical (unpaired) electrons. The van der Waals surface area contributed by atoms with E-state index < -0.39 is 0 Å². The van der Waals surface area contributed by atoms with Gasteiger partial charge in [-0.05, 0) is 35.9 Å². The van der Waals surface area contributed by atoms with Gasteiger partial charge in [0.05, 0.1) is 0 Å². The molecule has 0 saturated carbocycles. The third-order valence-electron chi connectivity index (χ3n) is 3.72. The molecule has 0 fully saturated rings. The van der Waals surface area contributed by atoms with Crippen LogP contribution in [0.3, 0.4) is 0 Å². The van der Waals surface area contributed by atoms with Gasteiger partial charge in [0, 0.05) is 32.9 Å². The van der Waals surface area contributed by atoms with Gasteiger partial charge in [0.15, 0.2) is 0 Å². The van der Waals surface area contributed by atoms with Crippen molar-refractivity contribution in [1.82, 2.24) is 9.97 Å². The van der Waals surface area contributed by atoms with Crippen molar-refractivity contribution in [2.45, 2.75) is 6.42 Å². The van der Waals surface area contributed by atoms with Gasteiger partial charge >= 0.3 is 0 Å². The number of H-pyrrole nitrogens is 1. The second-order valence-corrected chi connectivity index (χ2v) is 6.09. The molecular formula is C18H13BrN2. The van der Waals surface area contributed by atoms with Gasteiger partial charge in [0.2, 0.25) is 0 Å². The Hall–Kier alpha value is -2.13. The predicted octanol–water partition coefficient (Wildman–Crippen LogP) is 5.07. The van der Waals surface area contributed by atoms with Crippen molar-refractivity contribution in [1.29, 1.82) is 0 Å². The minimum absolute atomic E-state index is 0.846. The highest BCUT2D eigenvalue weighted by Gasteiger charge is 2.06. The number of hydrogen-bond acceptors (Lipinski definition) is 1. The number of hydrogen-bond donors (Lipinski definition) is 1. The highest BCUT2D eigenvalue weighted by Crippen LogP contribution is 2.24. The summed E-state index contributed by atoms with van der Waals surface area (Å²) in [6.45, 7) is 0. The molecule has 2 heterocycles. The maximum absolute atomic E-state index is 4.76. The molecule has 0 atom stereocenters. The van der Waals surface area contributed by atoms with Crippen LogP contribution in [0.2, 0.25) is 0 Å². The van der Waals surface area contributed by atoms with Gasteiger partial charge in [-0.1, -0.05) is 46.3 Å². The monoisotopic (exact) mass is 336 g/mol. The zero-order chi connectivity index (χ0) is 14.2. The van der Waals surface area contributed by atoms with Crippen molar-refractivity contribution in [2.75, 3.05) is 0 Å². The van der Waals surface area contributed by atoms with E-state index in [1.54, 1.807) is 0 Å². The van der Waals surface area contributed by atoms with Crippen LogP contribution in [-0.4, -0.2) is 9.97 Å². The summed E-state index contributed by atoms with van der Waals surface area (Å²) in [6, 6.07) is 21.0. The van der Waals surface area contributed by atoms with Crippen molar-refractivity contribution < 1.29 is 0 Å². The second kappa shape index (κ2) is 5.01. The molecule has 0 spiro atoms. The Kier molecular flexibility index (Phi) is 3.00. The molecular weight excluding hydrogens is 324 g/mol. The number of aromatic amines is 1. The quantitative estimate of drug-likeness (QED) is 0.544. The standard InChI is InChI=1S/C18H13BrN2/c19-13-7-5-12(6-8-13)11-14-9-10-16-15-3-1-2-4-17(15)21-18(16)20-14/h1-10H,11H2,(H,20,21). The lowest BCUT2D eigenvalue weighted by molar-refractivity contribution is 1.09. The zero-order valence-corrected chi connectivity index (χ0v) is 12.9. The molecule has 0 amide bonds. The first-order valence-corrected chi connectivity index (χ1v) is 7.70. The average molecular weight is 337 g/mol. The summed E-state index contributed by atoms with van der Waals surface area (Å²) >= 11 is 3.46. The van der Waals surface area contributed by atoms with Crippen molar-refractivity contribution >= 4 is 37.9 Å². The maximum atomic E-state index is 4.76. The number of fused-ring (bicyclic) bond motifs is 3. The van der Waals surface area contributed by atoms with E-state index in [2.05, 4.69) is 75.5 Å². The fraction of sp³-hybridized carbons (Fsp3) is 0.0556. The summed E-state index contributed by atoms with van der Waals surface area (Å²) < 4.78 is 1.10. The Morgan fingerprint density at radius 2 is 1.67 bits per heavy atom. The summed E-state index contributed by atoms with van der Waals surface area (Å²) in [5.74, 6) is 0. The van der Waals surface area contributed by atoms with E-state index in [1.165, 1.54) is 16.3 Å². The van der Waals surface area contributed by atoms with E-state index in [4.69, 9.17) is 4.98 Å². The van der Waals surface area contributed by atoms with Crippen LogP contribution in [-0.2, 0) is 6.42 Å². The van der Waals surface area contributed by atoms with Crippen molar-refractivity contribution in [3.63, 3.8) is 0 Å². The Morgan fingerprint density at radius 3 is 2.52 bits per heavy atom. The van der Waals surface area contributed by atoms with Crippen molar-refractivity contribution in [2.24, 2.45) is 0 Å². The Balaban J connectivity index is 1.76. The number of halogens is 1. The van der Waals surface area contributed by atoms with Gasteiger partial charge in [-0.3, -0.25) is 0 Å². The second-order valence-electron chi connectivity index (χ2n) is 5.17. The smallest absolute Gasteiger partial charge is 0.138 e. The number of nitrogens with one attached hydrogen (secondary N) is 1. The summed E-state index contributed by atoms with van der Waals surface area (Å²) in [5, 5.41) is 2.42. The van der Waals surface area contributed by atoms with Crippen LogP contribution in [0.15, 0.2) is 65.1 Å². The van der Waals surface area contributed by atoms with Crippen LogP contribution in [0.5, 0.6) is 0 Å². The van der Waals surface area contributed by atoms with Gasteiger partial charge in [-0.25, -0.2) is 4.98 Å². The van der Waals surface area contributed by atoms with Crippen LogP contribution < -0.4 is 0 Å². The third kappa shape index (κ3) is 2.34. The van der Waals surface area contributed by atoms with Crippen molar-refractivity contribution in [3.05, 3.63) is 76.4 Å². The van der Waals surface area contributed by atoms with Gasteiger partial charge in [0.1, 0.15) is 5.65 Å². The van der Waals surface area contributed by atoms with Gasteiger partial charge < -0.3 is 4.98 Å². The zero-order valence-electron chi connectivity index (χ0n) is 11.3. The van der Waals surface area contributed by atoms with Crippen molar-refractivity contribution in [3.8, 4) is 0 Å². The van der Waals surface area contributed by atoms with E-state index in [9.17, 15) is 0 Å². The first-order valence-electron chi connectivity index (χ1n) is 6.90. The van der Waals surface area contributed by atoms with Crippen LogP contribution in [0.1, 0.15) is 11.3 Å². The lowest BCUT2D eigenvalue weighted by atomic mass is 10.1. The minimum atomic E-state index is 0.846. The largest absolute Gasteiger partial charge is 0.339 e. The molecule has 0 saturated heterocycles. The molecule has 0 unspecified atom stereocenters. The molecule has 2 nitrogen and oxygen atoms in total. The molecule has 3 heteroatoms. The number of nitrogens with zero attached hydrogens (tertiary/aromatic N) is 1.